The number of nitrogens with zero attached hydrogens (tertiary/aromatic N) is 1. The molecule has 0 aromatic carbocycles. The van der Waals surface area contributed by atoms with Gasteiger partial charge in [0, 0.05) is 11.6 Å². The molecule has 2 atom stereocenters. The van der Waals surface area contributed by atoms with Crippen molar-refractivity contribution in [3.05, 3.63) is 22.7 Å². The van der Waals surface area contributed by atoms with Crippen molar-refractivity contribution >= 4 is 29.4 Å². The lowest BCUT2D eigenvalue weighted by molar-refractivity contribution is -0.172. The summed E-state index contributed by atoms with van der Waals surface area (Å²) in [6.07, 6.45) is 6.72. The zero-order valence-corrected chi connectivity index (χ0v) is 15.9. The molecule has 1 N–H and O–H groups in total. The van der Waals surface area contributed by atoms with Crippen LogP contribution in [0.5, 0.6) is 0 Å². The Labute approximate surface area is 147 Å². The Morgan fingerprint density at radius 2 is 2.04 bits per heavy atom. The number of carbonyl (C=O) groups excluding carboxylic acids is 1. The van der Waals surface area contributed by atoms with E-state index in [1.807, 2.05) is 24.5 Å². The second kappa shape index (κ2) is 8.42. The Balaban J connectivity index is 3.05. The van der Waals surface area contributed by atoms with Gasteiger partial charge < -0.3 is 9.84 Å². The van der Waals surface area contributed by atoms with E-state index in [0.717, 1.165) is 5.01 Å². The van der Waals surface area contributed by atoms with Crippen molar-refractivity contribution in [2.24, 2.45) is 11.3 Å². The molecule has 1 rings (SSSR count). The van der Waals surface area contributed by atoms with Gasteiger partial charge in [-0.05, 0) is 46.6 Å². The fourth-order valence-corrected chi connectivity index (χ4v) is 3.12. The number of rotatable bonds is 8. The lowest BCUT2D eigenvalue weighted by Gasteiger charge is -2.33. The molecule has 0 aliphatic heterocycles. The Hall–Kier alpha value is -1.69. The molecule has 0 amide bonds. The summed E-state index contributed by atoms with van der Waals surface area (Å²) < 4.78 is 5.48. The molecule has 0 unspecified atom stereocenters. The maximum absolute atomic E-state index is 12.6. The first-order valence-corrected chi connectivity index (χ1v) is 9.00. The van der Waals surface area contributed by atoms with Crippen molar-refractivity contribution in [1.82, 2.24) is 4.98 Å². The molecule has 6 heteroatoms. The summed E-state index contributed by atoms with van der Waals surface area (Å²) in [6, 6.07) is 0. The molecule has 24 heavy (non-hydrogen) atoms. The van der Waals surface area contributed by atoms with Crippen LogP contribution in [0.2, 0.25) is 0 Å². The molecular formula is C18H27NO4S. The second-order valence-electron chi connectivity index (χ2n) is 7.07. The first-order chi connectivity index (χ1) is 11.1. The third-order valence-electron chi connectivity index (χ3n) is 3.80. The molecule has 0 saturated carbocycles. The van der Waals surface area contributed by atoms with Gasteiger partial charge in [-0.2, -0.15) is 0 Å². The van der Waals surface area contributed by atoms with E-state index in [2.05, 4.69) is 4.98 Å². The Morgan fingerprint density at radius 1 is 1.38 bits per heavy atom. The van der Waals surface area contributed by atoms with Gasteiger partial charge in [-0.1, -0.05) is 19.4 Å². The van der Waals surface area contributed by atoms with E-state index in [0.29, 0.717) is 19.3 Å². The van der Waals surface area contributed by atoms with Crippen molar-refractivity contribution in [1.29, 1.82) is 0 Å². The Bertz CT molecular complexity index is 574. The van der Waals surface area contributed by atoms with Crippen molar-refractivity contribution < 1.29 is 19.4 Å². The van der Waals surface area contributed by atoms with Crippen molar-refractivity contribution in [2.75, 3.05) is 0 Å². The summed E-state index contributed by atoms with van der Waals surface area (Å²) in [5, 5.41) is 12.4. The van der Waals surface area contributed by atoms with Gasteiger partial charge in [0.25, 0.3) is 0 Å². The van der Waals surface area contributed by atoms with Crippen LogP contribution in [0.15, 0.2) is 17.7 Å². The predicted octanol–water partition coefficient (Wildman–Crippen LogP) is 4.40. The SMILES string of the molecule is CCC[C@@](C)(C(=O)O)[C@H](C/C=C/c1nccs1)C(=O)OC(C)(C)C. The molecule has 0 aliphatic rings. The van der Waals surface area contributed by atoms with Gasteiger partial charge in [0.15, 0.2) is 0 Å². The van der Waals surface area contributed by atoms with E-state index in [1.54, 1.807) is 33.9 Å². The van der Waals surface area contributed by atoms with E-state index >= 15 is 0 Å². The largest absolute Gasteiger partial charge is 0.481 e. The van der Waals surface area contributed by atoms with E-state index in [1.165, 1.54) is 11.3 Å². The van der Waals surface area contributed by atoms with Gasteiger partial charge in [0.05, 0.1) is 11.3 Å². The van der Waals surface area contributed by atoms with Crippen molar-refractivity contribution in [3.8, 4) is 0 Å². The van der Waals surface area contributed by atoms with Gasteiger partial charge >= 0.3 is 11.9 Å². The summed E-state index contributed by atoms with van der Waals surface area (Å²) in [4.78, 5) is 28.7. The minimum absolute atomic E-state index is 0.303. The number of thiazole rings is 1. The molecule has 0 spiro atoms. The number of aromatic nitrogens is 1. The third kappa shape index (κ3) is 5.74. The monoisotopic (exact) mass is 353 g/mol. The number of esters is 1. The number of hydrogen-bond donors (Lipinski definition) is 1. The van der Waals surface area contributed by atoms with Gasteiger partial charge in [-0.25, -0.2) is 4.98 Å². The third-order valence-corrected chi connectivity index (χ3v) is 4.54. The smallest absolute Gasteiger partial charge is 0.310 e. The Kier molecular flexibility index (Phi) is 7.14. The topological polar surface area (TPSA) is 76.5 Å². The number of aliphatic carboxylic acids is 1. The number of hydrogen-bond acceptors (Lipinski definition) is 5. The fraction of sp³-hybridized carbons (Fsp3) is 0.611. The molecule has 1 aromatic heterocycles. The zero-order chi connectivity index (χ0) is 18.4. The molecule has 0 bridgehead atoms. The number of carboxylic acid groups (broad SMARTS) is 1. The fourth-order valence-electron chi connectivity index (χ4n) is 2.56. The van der Waals surface area contributed by atoms with Gasteiger partial charge in [-0.15, -0.1) is 11.3 Å². The molecule has 134 valence electrons. The standard InChI is InChI=1S/C18H27NO4S/c1-6-10-18(5,16(21)22)13(15(20)23-17(2,3)4)8-7-9-14-19-11-12-24-14/h7,9,11-13H,6,8,10H2,1-5H3,(H,21,22)/b9-7+/t13-,18-/m1/s1. The van der Waals surface area contributed by atoms with Gasteiger partial charge in [0.1, 0.15) is 10.6 Å². The van der Waals surface area contributed by atoms with Crippen LogP contribution < -0.4 is 0 Å². The first-order valence-electron chi connectivity index (χ1n) is 8.12. The van der Waals surface area contributed by atoms with Gasteiger partial charge in [-0.3, -0.25) is 9.59 Å². The van der Waals surface area contributed by atoms with Crippen LogP contribution in [0, 0.1) is 11.3 Å². The maximum Gasteiger partial charge on any atom is 0.310 e. The molecule has 0 fully saturated rings. The van der Waals surface area contributed by atoms with Crippen LogP contribution in [0.1, 0.15) is 58.9 Å². The summed E-state index contributed by atoms with van der Waals surface area (Å²) in [7, 11) is 0. The second-order valence-corrected chi connectivity index (χ2v) is 7.99. The van der Waals surface area contributed by atoms with Crippen molar-refractivity contribution in [3.63, 3.8) is 0 Å². The predicted molar refractivity (Wildman–Crippen MR) is 95.8 cm³/mol. The number of carbonyl (C=O) groups is 2. The zero-order valence-electron chi connectivity index (χ0n) is 15.0. The van der Waals surface area contributed by atoms with Crippen LogP contribution >= 0.6 is 11.3 Å². The molecule has 1 aromatic rings. The number of ether oxygens (including phenoxy) is 1. The highest BCUT2D eigenvalue weighted by molar-refractivity contribution is 7.10. The van der Waals surface area contributed by atoms with E-state index in [9.17, 15) is 14.7 Å². The van der Waals surface area contributed by atoms with Crippen LogP contribution in [-0.2, 0) is 14.3 Å². The quantitative estimate of drug-likeness (QED) is 0.701. The summed E-state index contributed by atoms with van der Waals surface area (Å²) >= 11 is 1.49. The first kappa shape index (κ1) is 20.4. The highest BCUT2D eigenvalue weighted by atomic mass is 32.1. The molecule has 0 saturated heterocycles. The van der Waals surface area contributed by atoms with Crippen LogP contribution in [0.4, 0.5) is 0 Å². The molecular weight excluding hydrogens is 326 g/mol. The average Bonchev–Trinajstić information content (AvgIpc) is 2.94. The summed E-state index contributed by atoms with van der Waals surface area (Å²) in [5.41, 5.74) is -1.82. The molecule has 0 radical (unpaired) electrons. The molecule has 5 nitrogen and oxygen atoms in total. The minimum atomic E-state index is -1.16. The molecule has 1 heterocycles. The van der Waals surface area contributed by atoms with E-state index in [4.69, 9.17) is 4.74 Å². The normalized spacial score (nSPS) is 15.9. The Morgan fingerprint density at radius 3 is 2.50 bits per heavy atom. The number of carboxylic acids is 1. The lowest BCUT2D eigenvalue weighted by atomic mass is 9.72. The minimum Gasteiger partial charge on any atom is -0.481 e. The van der Waals surface area contributed by atoms with Crippen molar-refractivity contribution in [2.45, 2.75) is 59.5 Å². The van der Waals surface area contributed by atoms with E-state index in [-0.39, 0.29) is 0 Å². The summed E-state index contributed by atoms with van der Waals surface area (Å²) in [6.45, 7) is 8.89. The van der Waals surface area contributed by atoms with E-state index < -0.39 is 28.9 Å². The summed E-state index contributed by atoms with van der Waals surface area (Å²) in [5.74, 6) is -2.18. The maximum atomic E-state index is 12.6. The highest BCUT2D eigenvalue weighted by Gasteiger charge is 2.45. The van der Waals surface area contributed by atoms with Crippen LogP contribution in [0.3, 0.4) is 0 Å². The molecule has 0 aliphatic carbocycles. The van der Waals surface area contributed by atoms with Gasteiger partial charge in [0.2, 0.25) is 0 Å². The van der Waals surface area contributed by atoms with Crippen LogP contribution in [-0.4, -0.2) is 27.6 Å². The lowest BCUT2D eigenvalue weighted by Crippen LogP contribution is -2.42. The van der Waals surface area contributed by atoms with Crippen LogP contribution in [0.25, 0.3) is 6.08 Å². The highest BCUT2D eigenvalue weighted by Crippen LogP contribution is 2.37. The average molecular weight is 353 g/mol. The number of allylic oxidation sites excluding steroid dienone is 1.